The van der Waals surface area contributed by atoms with Crippen LogP contribution >= 0.6 is 15.9 Å². The van der Waals surface area contributed by atoms with Crippen molar-refractivity contribution in [2.75, 3.05) is 37.6 Å². The van der Waals surface area contributed by atoms with Crippen LogP contribution in [-0.2, 0) is 6.42 Å². The molecular formula is C16H18BrN5O2. The number of hydrogen-bond donors (Lipinski definition) is 0. The van der Waals surface area contributed by atoms with Gasteiger partial charge in [-0.3, -0.25) is 15.0 Å². The minimum atomic E-state index is -0.368. The van der Waals surface area contributed by atoms with Crippen molar-refractivity contribution in [2.24, 2.45) is 0 Å². The van der Waals surface area contributed by atoms with Crippen molar-refractivity contribution < 1.29 is 4.92 Å². The maximum absolute atomic E-state index is 10.7. The SMILES string of the molecule is O=[N+]([O-])c1ccc(CCN2CCN(c3ncc(Br)cn3)CC2)cc1. The Balaban J connectivity index is 1.47. The van der Waals surface area contributed by atoms with Gasteiger partial charge in [-0.25, -0.2) is 9.97 Å². The fraction of sp³-hybridized carbons (Fsp3) is 0.375. The first kappa shape index (κ1) is 16.8. The van der Waals surface area contributed by atoms with Crippen LogP contribution in [0.5, 0.6) is 0 Å². The van der Waals surface area contributed by atoms with Gasteiger partial charge in [-0.15, -0.1) is 0 Å². The van der Waals surface area contributed by atoms with E-state index >= 15 is 0 Å². The Kier molecular flexibility index (Phi) is 5.37. The van der Waals surface area contributed by atoms with Crippen LogP contribution in [0.15, 0.2) is 41.1 Å². The summed E-state index contributed by atoms with van der Waals surface area (Å²) >= 11 is 3.34. The minimum absolute atomic E-state index is 0.141. The molecule has 8 heteroatoms. The number of non-ortho nitro benzene ring substituents is 1. The first-order valence-corrected chi connectivity index (χ1v) is 8.59. The lowest BCUT2D eigenvalue weighted by molar-refractivity contribution is -0.384. The summed E-state index contributed by atoms with van der Waals surface area (Å²) in [5.41, 5.74) is 1.26. The van der Waals surface area contributed by atoms with Gasteiger partial charge < -0.3 is 4.90 Å². The number of rotatable bonds is 5. The summed E-state index contributed by atoms with van der Waals surface area (Å²) in [7, 11) is 0. The van der Waals surface area contributed by atoms with E-state index in [1.165, 1.54) is 0 Å². The summed E-state index contributed by atoms with van der Waals surface area (Å²) in [6.45, 7) is 4.69. The third-order valence-corrected chi connectivity index (χ3v) is 4.54. The molecule has 0 N–H and O–H groups in total. The van der Waals surface area contributed by atoms with Crippen LogP contribution < -0.4 is 4.90 Å². The molecule has 2 aromatic rings. The van der Waals surface area contributed by atoms with E-state index in [2.05, 4.69) is 35.7 Å². The van der Waals surface area contributed by atoms with E-state index in [4.69, 9.17) is 0 Å². The minimum Gasteiger partial charge on any atom is -0.338 e. The molecule has 0 spiro atoms. The molecule has 126 valence electrons. The molecule has 0 bridgehead atoms. The Bertz CT molecular complexity index is 685. The first-order valence-electron chi connectivity index (χ1n) is 7.80. The molecule has 7 nitrogen and oxygen atoms in total. The van der Waals surface area contributed by atoms with Crippen LogP contribution in [0.1, 0.15) is 5.56 Å². The second kappa shape index (κ2) is 7.67. The molecular weight excluding hydrogens is 374 g/mol. The van der Waals surface area contributed by atoms with E-state index in [9.17, 15) is 10.1 Å². The number of nitro groups is 1. The van der Waals surface area contributed by atoms with E-state index < -0.39 is 0 Å². The molecule has 0 aliphatic carbocycles. The fourth-order valence-electron chi connectivity index (χ4n) is 2.71. The van der Waals surface area contributed by atoms with Gasteiger partial charge in [-0.05, 0) is 27.9 Å². The van der Waals surface area contributed by atoms with Crippen molar-refractivity contribution in [3.05, 3.63) is 56.8 Å². The number of piperazine rings is 1. The van der Waals surface area contributed by atoms with Crippen molar-refractivity contribution in [1.82, 2.24) is 14.9 Å². The third-order valence-electron chi connectivity index (χ3n) is 4.13. The molecule has 3 rings (SSSR count). The molecule has 0 saturated carbocycles. The van der Waals surface area contributed by atoms with Gasteiger partial charge in [0.05, 0.1) is 9.40 Å². The highest BCUT2D eigenvalue weighted by molar-refractivity contribution is 9.10. The van der Waals surface area contributed by atoms with E-state index in [1.54, 1.807) is 24.5 Å². The van der Waals surface area contributed by atoms with Crippen molar-refractivity contribution >= 4 is 27.6 Å². The van der Waals surface area contributed by atoms with E-state index in [0.717, 1.165) is 55.1 Å². The van der Waals surface area contributed by atoms with Gasteiger partial charge in [0, 0.05) is 57.3 Å². The van der Waals surface area contributed by atoms with E-state index in [1.807, 2.05) is 12.1 Å². The number of nitro benzene ring substituents is 1. The highest BCUT2D eigenvalue weighted by Crippen LogP contribution is 2.15. The molecule has 1 aliphatic heterocycles. The number of halogens is 1. The monoisotopic (exact) mass is 391 g/mol. The number of anilines is 1. The largest absolute Gasteiger partial charge is 0.338 e. The Labute approximate surface area is 148 Å². The normalized spacial score (nSPS) is 15.5. The summed E-state index contributed by atoms with van der Waals surface area (Å²) < 4.78 is 0.882. The predicted molar refractivity (Wildman–Crippen MR) is 95.2 cm³/mol. The zero-order chi connectivity index (χ0) is 16.9. The van der Waals surface area contributed by atoms with Crippen molar-refractivity contribution in [3.8, 4) is 0 Å². The van der Waals surface area contributed by atoms with Crippen LogP contribution in [0.25, 0.3) is 0 Å². The molecule has 0 atom stereocenters. The van der Waals surface area contributed by atoms with Crippen LogP contribution in [-0.4, -0.2) is 52.5 Å². The second-order valence-corrected chi connectivity index (χ2v) is 6.62. The Hall–Kier alpha value is -2.06. The first-order chi connectivity index (χ1) is 11.6. The zero-order valence-electron chi connectivity index (χ0n) is 13.1. The molecule has 0 unspecified atom stereocenters. The van der Waals surface area contributed by atoms with Gasteiger partial charge in [0.2, 0.25) is 5.95 Å². The van der Waals surface area contributed by atoms with Crippen LogP contribution in [0.3, 0.4) is 0 Å². The van der Waals surface area contributed by atoms with E-state index in [0.29, 0.717) is 0 Å². The molecule has 0 radical (unpaired) electrons. The topological polar surface area (TPSA) is 75.4 Å². The van der Waals surface area contributed by atoms with Gasteiger partial charge in [0.15, 0.2) is 0 Å². The number of aromatic nitrogens is 2. The molecule has 1 fully saturated rings. The van der Waals surface area contributed by atoms with Gasteiger partial charge in [0.25, 0.3) is 5.69 Å². The summed E-state index contributed by atoms with van der Waals surface area (Å²) in [6.07, 6.45) is 4.43. The van der Waals surface area contributed by atoms with Gasteiger partial charge in [-0.1, -0.05) is 12.1 Å². The lowest BCUT2D eigenvalue weighted by Gasteiger charge is -2.34. The number of benzene rings is 1. The highest BCUT2D eigenvalue weighted by Gasteiger charge is 2.18. The third kappa shape index (κ3) is 4.27. The van der Waals surface area contributed by atoms with Gasteiger partial charge in [-0.2, -0.15) is 0 Å². The van der Waals surface area contributed by atoms with Crippen molar-refractivity contribution in [2.45, 2.75) is 6.42 Å². The van der Waals surface area contributed by atoms with Crippen molar-refractivity contribution in [1.29, 1.82) is 0 Å². The lowest BCUT2D eigenvalue weighted by Crippen LogP contribution is -2.47. The van der Waals surface area contributed by atoms with Crippen molar-refractivity contribution in [3.63, 3.8) is 0 Å². The quantitative estimate of drug-likeness (QED) is 0.575. The fourth-order valence-corrected chi connectivity index (χ4v) is 2.92. The molecule has 1 aliphatic rings. The average Bonchev–Trinajstić information content (AvgIpc) is 2.61. The van der Waals surface area contributed by atoms with Crippen LogP contribution in [0.2, 0.25) is 0 Å². The standard InChI is InChI=1S/C16H18BrN5O2/c17-14-11-18-16(19-12-14)21-9-7-20(8-10-21)6-5-13-1-3-15(4-2-13)22(23)24/h1-4,11-12H,5-10H2. The maximum atomic E-state index is 10.7. The summed E-state index contributed by atoms with van der Waals surface area (Å²) in [6, 6.07) is 6.81. The Morgan fingerprint density at radius 2 is 1.71 bits per heavy atom. The molecule has 1 aromatic heterocycles. The number of hydrogen-bond acceptors (Lipinski definition) is 6. The smallest absolute Gasteiger partial charge is 0.269 e. The predicted octanol–water partition coefficient (Wildman–Crippen LogP) is 2.51. The highest BCUT2D eigenvalue weighted by atomic mass is 79.9. The van der Waals surface area contributed by atoms with Crippen LogP contribution in [0, 0.1) is 10.1 Å². The van der Waals surface area contributed by atoms with Gasteiger partial charge >= 0.3 is 0 Å². The average molecular weight is 392 g/mol. The Morgan fingerprint density at radius 3 is 2.29 bits per heavy atom. The summed E-state index contributed by atoms with van der Waals surface area (Å²) in [5.74, 6) is 0.771. The molecule has 1 aromatic carbocycles. The molecule has 24 heavy (non-hydrogen) atoms. The summed E-state index contributed by atoms with van der Waals surface area (Å²) in [5, 5.41) is 10.7. The molecule has 1 saturated heterocycles. The summed E-state index contributed by atoms with van der Waals surface area (Å²) in [4.78, 5) is 23.6. The Morgan fingerprint density at radius 1 is 1.08 bits per heavy atom. The zero-order valence-corrected chi connectivity index (χ0v) is 14.7. The molecule has 0 amide bonds. The van der Waals surface area contributed by atoms with Crippen LogP contribution in [0.4, 0.5) is 11.6 Å². The van der Waals surface area contributed by atoms with E-state index in [-0.39, 0.29) is 10.6 Å². The second-order valence-electron chi connectivity index (χ2n) is 5.70. The number of nitrogens with zero attached hydrogens (tertiary/aromatic N) is 5. The lowest BCUT2D eigenvalue weighted by atomic mass is 10.1. The van der Waals surface area contributed by atoms with Gasteiger partial charge in [0.1, 0.15) is 0 Å². The maximum Gasteiger partial charge on any atom is 0.269 e. The molecule has 2 heterocycles.